The lowest BCUT2D eigenvalue weighted by atomic mass is 9.93. The van der Waals surface area contributed by atoms with E-state index in [1.807, 2.05) is 0 Å². The Morgan fingerprint density at radius 3 is 2.20 bits per heavy atom. The molecular formula is C9H13NO5. The third-order valence-corrected chi connectivity index (χ3v) is 1.86. The molecule has 0 unspecified atom stereocenters. The summed E-state index contributed by atoms with van der Waals surface area (Å²) in [6.07, 6.45) is 0.430. The third kappa shape index (κ3) is 3.80. The molecule has 6 heteroatoms. The normalized spacial score (nSPS) is 13.7. The first-order valence-corrected chi connectivity index (χ1v) is 4.21. The van der Waals surface area contributed by atoms with Gasteiger partial charge in [0.05, 0.1) is 0 Å². The summed E-state index contributed by atoms with van der Waals surface area (Å²) in [6.45, 7) is 4.45. The third-order valence-electron chi connectivity index (χ3n) is 1.86. The Hall–Kier alpha value is -1.85. The van der Waals surface area contributed by atoms with Crippen LogP contribution in [0.15, 0.2) is 12.7 Å². The van der Waals surface area contributed by atoms with Crippen molar-refractivity contribution in [3.8, 4) is 0 Å². The molecule has 0 saturated heterocycles. The van der Waals surface area contributed by atoms with Gasteiger partial charge in [-0.05, 0) is 6.42 Å². The minimum Gasteiger partial charge on any atom is -0.481 e. The van der Waals surface area contributed by atoms with Gasteiger partial charge >= 0.3 is 11.9 Å². The van der Waals surface area contributed by atoms with Crippen molar-refractivity contribution in [3.05, 3.63) is 12.7 Å². The summed E-state index contributed by atoms with van der Waals surface area (Å²) in [6, 6.07) is 0. The zero-order valence-corrected chi connectivity index (χ0v) is 8.32. The molecule has 1 atom stereocenters. The van der Waals surface area contributed by atoms with Gasteiger partial charge in [-0.15, -0.1) is 6.58 Å². The maximum absolute atomic E-state index is 10.9. The SMILES string of the molecule is C=C[C@@](CCC(=O)O)(NC(C)=O)C(=O)O. The molecule has 0 heterocycles. The van der Waals surface area contributed by atoms with Crippen molar-refractivity contribution in [3.63, 3.8) is 0 Å². The second-order valence-electron chi connectivity index (χ2n) is 3.06. The summed E-state index contributed by atoms with van der Waals surface area (Å²) in [5.41, 5.74) is -1.70. The van der Waals surface area contributed by atoms with Gasteiger partial charge in [-0.1, -0.05) is 6.08 Å². The number of aliphatic carboxylic acids is 2. The fraction of sp³-hybridized carbons (Fsp3) is 0.444. The van der Waals surface area contributed by atoms with E-state index in [0.29, 0.717) is 0 Å². The van der Waals surface area contributed by atoms with Crippen LogP contribution in [-0.4, -0.2) is 33.6 Å². The average molecular weight is 215 g/mol. The Morgan fingerprint density at radius 1 is 1.40 bits per heavy atom. The highest BCUT2D eigenvalue weighted by atomic mass is 16.4. The smallest absolute Gasteiger partial charge is 0.333 e. The van der Waals surface area contributed by atoms with Gasteiger partial charge in [0.15, 0.2) is 5.54 Å². The molecule has 0 bridgehead atoms. The Labute approximate surface area is 86.6 Å². The second kappa shape index (κ2) is 5.14. The van der Waals surface area contributed by atoms with Crippen LogP contribution in [0.3, 0.4) is 0 Å². The van der Waals surface area contributed by atoms with E-state index in [4.69, 9.17) is 10.2 Å². The lowest BCUT2D eigenvalue weighted by Crippen LogP contribution is -2.52. The zero-order valence-electron chi connectivity index (χ0n) is 8.32. The van der Waals surface area contributed by atoms with E-state index >= 15 is 0 Å². The van der Waals surface area contributed by atoms with Gasteiger partial charge < -0.3 is 15.5 Å². The minimum atomic E-state index is -1.70. The molecule has 15 heavy (non-hydrogen) atoms. The van der Waals surface area contributed by atoms with E-state index in [2.05, 4.69) is 11.9 Å². The van der Waals surface area contributed by atoms with Gasteiger partial charge in [-0.25, -0.2) is 4.79 Å². The standard InChI is InChI=1S/C9H13NO5/c1-3-9(8(14)15,10-6(2)11)5-4-7(12)13/h3H,1,4-5H2,2H3,(H,10,11)(H,12,13)(H,14,15)/t9-/m0/s1. The van der Waals surface area contributed by atoms with Crippen molar-refractivity contribution in [2.24, 2.45) is 0 Å². The molecular weight excluding hydrogens is 202 g/mol. The van der Waals surface area contributed by atoms with Crippen molar-refractivity contribution in [1.82, 2.24) is 5.32 Å². The minimum absolute atomic E-state index is 0.235. The van der Waals surface area contributed by atoms with Crippen molar-refractivity contribution in [2.45, 2.75) is 25.3 Å². The molecule has 0 spiro atoms. The molecule has 0 aromatic rings. The van der Waals surface area contributed by atoms with Crippen LogP contribution in [0.1, 0.15) is 19.8 Å². The second-order valence-corrected chi connectivity index (χ2v) is 3.06. The summed E-state index contributed by atoms with van der Waals surface area (Å²) < 4.78 is 0. The van der Waals surface area contributed by atoms with Gasteiger partial charge in [-0.2, -0.15) is 0 Å². The summed E-state index contributed by atoms with van der Waals surface area (Å²) in [5, 5.41) is 19.5. The zero-order chi connectivity index (χ0) is 12.1. The predicted octanol–water partition coefficient (Wildman–Crippen LogP) is -0.00330. The number of hydrogen-bond donors (Lipinski definition) is 3. The quantitative estimate of drug-likeness (QED) is 0.541. The lowest BCUT2D eigenvalue weighted by molar-refractivity contribution is -0.146. The Morgan fingerprint density at radius 2 is 1.93 bits per heavy atom. The molecule has 0 aromatic carbocycles. The summed E-state index contributed by atoms with van der Waals surface area (Å²) in [7, 11) is 0. The summed E-state index contributed by atoms with van der Waals surface area (Å²) in [5.74, 6) is -3.01. The monoisotopic (exact) mass is 215 g/mol. The topological polar surface area (TPSA) is 104 Å². The van der Waals surface area contributed by atoms with E-state index in [0.717, 1.165) is 13.0 Å². The molecule has 0 rings (SSSR count). The van der Waals surface area contributed by atoms with Crippen LogP contribution in [0.2, 0.25) is 0 Å². The number of carboxylic acid groups (broad SMARTS) is 2. The van der Waals surface area contributed by atoms with E-state index in [9.17, 15) is 14.4 Å². The highest BCUT2D eigenvalue weighted by Gasteiger charge is 2.36. The molecule has 0 fully saturated rings. The van der Waals surface area contributed by atoms with Crippen molar-refractivity contribution in [1.29, 1.82) is 0 Å². The predicted molar refractivity (Wildman–Crippen MR) is 51.3 cm³/mol. The molecule has 1 amide bonds. The number of carboxylic acids is 2. The Balaban J connectivity index is 4.80. The van der Waals surface area contributed by atoms with Gasteiger partial charge in [0.25, 0.3) is 0 Å². The van der Waals surface area contributed by atoms with Crippen LogP contribution in [0, 0.1) is 0 Å². The van der Waals surface area contributed by atoms with Crippen LogP contribution < -0.4 is 5.32 Å². The van der Waals surface area contributed by atoms with Crippen molar-refractivity contribution in [2.75, 3.05) is 0 Å². The molecule has 84 valence electrons. The number of carbonyl (C=O) groups is 3. The number of carbonyl (C=O) groups excluding carboxylic acids is 1. The first-order chi connectivity index (χ1) is 6.84. The Kier molecular flexibility index (Phi) is 4.50. The summed E-state index contributed by atoms with van der Waals surface area (Å²) >= 11 is 0. The molecule has 0 aliphatic rings. The van der Waals surface area contributed by atoms with Crippen LogP contribution in [0.5, 0.6) is 0 Å². The van der Waals surface area contributed by atoms with E-state index in [1.54, 1.807) is 0 Å². The van der Waals surface area contributed by atoms with E-state index in [1.165, 1.54) is 0 Å². The molecule has 3 N–H and O–H groups in total. The van der Waals surface area contributed by atoms with Crippen LogP contribution in [0.4, 0.5) is 0 Å². The van der Waals surface area contributed by atoms with Gasteiger partial charge in [0.1, 0.15) is 0 Å². The largest absolute Gasteiger partial charge is 0.481 e. The number of nitrogens with one attached hydrogen (secondary N) is 1. The highest BCUT2D eigenvalue weighted by Crippen LogP contribution is 2.15. The van der Waals surface area contributed by atoms with Crippen LogP contribution >= 0.6 is 0 Å². The van der Waals surface area contributed by atoms with Crippen molar-refractivity contribution < 1.29 is 24.6 Å². The molecule has 0 aromatic heterocycles. The van der Waals surface area contributed by atoms with E-state index < -0.39 is 23.4 Å². The van der Waals surface area contributed by atoms with Crippen molar-refractivity contribution >= 4 is 17.8 Å². The van der Waals surface area contributed by atoms with E-state index in [-0.39, 0.29) is 12.8 Å². The maximum atomic E-state index is 10.9. The molecule has 0 aliphatic carbocycles. The number of hydrogen-bond acceptors (Lipinski definition) is 3. The fourth-order valence-corrected chi connectivity index (χ4v) is 1.08. The maximum Gasteiger partial charge on any atom is 0.333 e. The highest BCUT2D eigenvalue weighted by molar-refractivity contribution is 5.88. The first-order valence-electron chi connectivity index (χ1n) is 4.21. The molecule has 0 saturated carbocycles. The van der Waals surface area contributed by atoms with Crippen LogP contribution in [-0.2, 0) is 14.4 Å². The lowest BCUT2D eigenvalue weighted by Gasteiger charge is -2.25. The fourth-order valence-electron chi connectivity index (χ4n) is 1.08. The number of rotatable bonds is 6. The summed E-state index contributed by atoms with van der Waals surface area (Å²) in [4.78, 5) is 32.0. The molecule has 0 aliphatic heterocycles. The number of amides is 1. The molecule has 0 radical (unpaired) electrons. The van der Waals surface area contributed by atoms with Gasteiger partial charge in [-0.3, -0.25) is 9.59 Å². The van der Waals surface area contributed by atoms with Gasteiger partial charge in [0.2, 0.25) is 5.91 Å². The van der Waals surface area contributed by atoms with Gasteiger partial charge in [0, 0.05) is 13.3 Å². The Bertz CT molecular complexity index is 299. The van der Waals surface area contributed by atoms with Crippen LogP contribution in [0.25, 0.3) is 0 Å². The first kappa shape index (κ1) is 13.2. The molecule has 6 nitrogen and oxygen atoms in total. The average Bonchev–Trinajstić information content (AvgIpc) is 2.11.